The first kappa shape index (κ1) is 22.4. The molecule has 4 fully saturated rings. The lowest BCUT2D eigenvalue weighted by molar-refractivity contribution is -0.203. The minimum Gasteiger partial charge on any atom is -0.393 e. The standard InChI is InChI=1S/C25H34O7/c1-4-5-21-31-20-10-15-14-9-17(28)16-8-13(27)6-7-23(16,2)22(14)18(29)11-24(15,3)25(20,32-21)19(30)12-26/h6-8,14-15,17-18,20-22,26,28-29H,4-5,9-12H2,1-3H3/t14?,15?,17-,18+,20-,21?,22?,23+,24+,25-/m1/s1. The van der Waals surface area contributed by atoms with Crippen molar-refractivity contribution in [2.75, 3.05) is 6.61 Å². The molecule has 0 aromatic carbocycles. The fraction of sp³-hybridized carbons (Fsp3) is 0.760. The van der Waals surface area contributed by atoms with Crippen molar-refractivity contribution in [2.24, 2.45) is 28.6 Å². The molecule has 176 valence electrons. The van der Waals surface area contributed by atoms with Crippen LogP contribution in [0.5, 0.6) is 0 Å². The molecule has 0 radical (unpaired) electrons. The van der Waals surface area contributed by atoms with Crippen molar-refractivity contribution >= 4 is 11.6 Å². The molecule has 5 aliphatic rings. The number of aliphatic hydroxyl groups excluding tert-OH is 3. The van der Waals surface area contributed by atoms with Crippen molar-refractivity contribution < 1.29 is 34.4 Å². The number of hydrogen-bond donors (Lipinski definition) is 3. The van der Waals surface area contributed by atoms with E-state index in [1.54, 1.807) is 0 Å². The molecule has 0 spiro atoms. The lowest BCUT2D eigenvalue weighted by atomic mass is 9.45. The van der Waals surface area contributed by atoms with Crippen LogP contribution in [0.2, 0.25) is 0 Å². The smallest absolute Gasteiger partial charge is 0.193 e. The predicted octanol–water partition coefficient (Wildman–Crippen LogP) is 1.69. The van der Waals surface area contributed by atoms with Crippen LogP contribution in [-0.2, 0) is 19.1 Å². The first-order chi connectivity index (χ1) is 15.1. The van der Waals surface area contributed by atoms with E-state index in [-0.39, 0.29) is 29.3 Å². The molecule has 32 heavy (non-hydrogen) atoms. The molecule has 0 aromatic rings. The number of hydrogen-bond acceptors (Lipinski definition) is 7. The molecule has 3 saturated carbocycles. The van der Waals surface area contributed by atoms with E-state index in [2.05, 4.69) is 0 Å². The van der Waals surface area contributed by atoms with E-state index in [1.165, 1.54) is 12.2 Å². The van der Waals surface area contributed by atoms with Gasteiger partial charge in [0.2, 0.25) is 0 Å². The van der Waals surface area contributed by atoms with Gasteiger partial charge in [0.15, 0.2) is 23.5 Å². The fourth-order valence-corrected chi connectivity index (χ4v) is 8.18. The number of ether oxygens (including phenoxy) is 2. The van der Waals surface area contributed by atoms with Crippen LogP contribution in [0, 0.1) is 28.6 Å². The number of carbonyl (C=O) groups is 2. The Hall–Kier alpha value is -1.38. The average molecular weight is 447 g/mol. The van der Waals surface area contributed by atoms with Crippen molar-refractivity contribution in [3.63, 3.8) is 0 Å². The molecule has 7 heteroatoms. The summed E-state index contributed by atoms with van der Waals surface area (Å²) in [5, 5.41) is 32.5. The third kappa shape index (κ3) is 2.66. The quantitative estimate of drug-likeness (QED) is 0.602. The van der Waals surface area contributed by atoms with Gasteiger partial charge in [0, 0.05) is 16.7 Å². The van der Waals surface area contributed by atoms with Crippen LogP contribution in [0.1, 0.15) is 52.9 Å². The lowest BCUT2D eigenvalue weighted by Gasteiger charge is -2.60. The summed E-state index contributed by atoms with van der Waals surface area (Å²) in [6, 6.07) is 0. The summed E-state index contributed by atoms with van der Waals surface area (Å²) in [6.45, 7) is 5.37. The molecule has 10 atom stereocenters. The maximum atomic E-state index is 13.2. The van der Waals surface area contributed by atoms with Gasteiger partial charge in [-0.2, -0.15) is 0 Å². The molecule has 7 nitrogen and oxygen atoms in total. The molecule has 0 bridgehead atoms. The third-order valence-corrected chi connectivity index (χ3v) is 9.39. The summed E-state index contributed by atoms with van der Waals surface area (Å²) in [6.07, 6.45) is 5.21. The molecule has 1 saturated heterocycles. The summed E-state index contributed by atoms with van der Waals surface area (Å²) in [4.78, 5) is 25.3. The Kier molecular flexibility index (Phi) is 5.12. The highest BCUT2D eigenvalue weighted by atomic mass is 16.7. The molecule has 4 unspecified atom stereocenters. The normalized spacial score (nSPS) is 51.5. The highest BCUT2D eigenvalue weighted by Crippen LogP contribution is 2.69. The highest BCUT2D eigenvalue weighted by Gasteiger charge is 2.76. The second kappa shape index (κ2) is 7.31. The van der Waals surface area contributed by atoms with Crippen LogP contribution in [0.3, 0.4) is 0 Å². The molecule has 3 N–H and O–H groups in total. The second-order valence-corrected chi connectivity index (χ2v) is 10.9. The number of carbonyl (C=O) groups excluding carboxylic acids is 2. The van der Waals surface area contributed by atoms with Crippen LogP contribution in [-0.4, -0.2) is 63.7 Å². The molecule has 0 amide bonds. The van der Waals surface area contributed by atoms with Gasteiger partial charge in [-0.15, -0.1) is 0 Å². The van der Waals surface area contributed by atoms with Gasteiger partial charge in [-0.1, -0.05) is 33.3 Å². The van der Waals surface area contributed by atoms with Crippen LogP contribution in [0.25, 0.3) is 0 Å². The van der Waals surface area contributed by atoms with Crippen LogP contribution < -0.4 is 0 Å². The first-order valence-electron chi connectivity index (χ1n) is 11.9. The van der Waals surface area contributed by atoms with Crippen LogP contribution >= 0.6 is 0 Å². The Morgan fingerprint density at radius 2 is 2.00 bits per heavy atom. The Balaban J connectivity index is 1.58. The topological polar surface area (TPSA) is 113 Å². The van der Waals surface area contributed by atoms with E-state index in [0.29, 0.717) is 31.3 Å². The van der Waals surface area contributed by atoms with Crippen LogP contribution in [0.4, 0.5) is 0 Å². The SMILES string of the molecule is CCCC1O[C@@H]2CC3C4C[C@@H](O)C5=CC(=O)C=C[C@]5(C)C4[C@@H](O)C[C@]3(C)[C@]2(C(=O)CO)O1. The summed E-state index contributed by atoms with van der Waals surface area (Å²) in [5.74, 6) is -0.825. The van der Waals surface area contributed by atoms with Crippen molar-refractivity contribution in [1.29, 1.82) is 0 Å². The molecule has 5 rings (SSSR count). The monoisotopic (exact) mass is 446 g/mol. The van der Waals surface area contributed by atoms with E-state index < -0.39 is 47.6 Å². The predicted molar refractivity (Wildman–Crippen MR) is 114 cm³/mol. The summed E-state index contributed by atoms with van der Waals surface area (Å²) in [7, 11) is 0. The number of fused-ring (bicyclic) bond motifs is 7. The molecule has 1 heterocycles. The minimum absolute atomic E-state index is 0.0296. The Morgan fingerprint density at radius 3 is 2.69 bits per heavy atom. The largest absolute Gasteiger partial charge is 0.393 e. The van der Waals surface area contributed by atoms with E-state index in [1.807, 2.05) is 26.8 Å². The molecule has 1 aliphatic heterocycles. The van der Waals surface area contributed by atoms with Gasteiger partial charge in [0.25, 0.3) is 0 Å². The fourth-order valence-electron chi connectivity index (χ4n) is 8.18. The molecular formula is C25H34O7. The molecular weight excluding hydrogens is 412 g/mol. The van der Waals surface area contributed by atoms with Gasteiger partial charge in [-0.25, -0.2) is 0 Å². The Morgan fingerprint density at radius 1 is 1.25 bits per heavy atom. The number of Topliss-reactive ketones (excluding diaryl/α,β-unsaturated/α-hetero) is 1. The number of rotatable bonds is 4. The van der Waals surface area contributed by atoms with E-state index in [4.69, 9.17) is 9.47 Å². The van der Waals surface area contributed by atoms with E-state index in [9.17, 15) is 24.9 Å². The van der Waals surface area contributed by atoms with Gasteiger partial charge in [0.05, 0.1) is 18.3 Å². The Bertz CT molecular complexity index is 895. The van der Waals surface area contributed by atoms with Gasteiger partial charge >= 0.3 is 0 Å². The molecule has 0 aromatic heterocycles. The van der Waals surface area contributed by atoms with E-state index >= 15 is 0 Å². The highest BCUT2D eigenvalue weighted by molar-refractivity contribution is 6.01. The number of ketones is 2. The summed E-state index contributed by atoms with van der Waals surface area (Å²) in [5.41, 5.74) is -1.98. The number of allylic oxidation sites excluding steroid dienone is 3. The number of aliphatic hydroxyl groups is 3. The molecule has 4 aliphatic carbocycles. The maximum absolute atomic E-state index is 13.2. The minimum atomic E-state index is -1.29. The second-order valence-electron chi connectivity index (χ2n) is 10.9. The van der Waals surface area contributed by atoms with Gasteiger partial charge in [-0.3, -0.25) is 9.59 Å². The summed E-state index contributed by atoms with van der Waals surface area (Å²) < 4.78 is 12.6. The van der Waals surface area contributed by atoms with Crippen molar-refractivity contribution in [1.82, 2.24) is 0 Å². The zero-order valence-electron chi connectivity index (χ0n) is 19.0. The van der Waals surface area contributed by atoms with Gasteiger partial charge in [0.1, 0.15) is 6.61 Å². The van der Waals surface area contributed by atoms with Crippen molar-refractivity contribution in [3.05, 3.63) is 23.8 Å². The van der Waals surface area contributed by atoms with Crippen molar-refractivity contribution in [3.8, 4) is 0 Å². The third-order valence-electron chi connectivity index (χ3n) is 9.39. The van der Waals surface area contributed by atoms with Gasteiger partial charge < -0.3 is 24.8 Å². The Labute approximate surface area is 188 Å². The van der Waals surface area contributed by atoms with Crippen molar-refractivity contribution in [2.45, 2.75) is 83.1 Å². The first-order valence-corrected chi connectivity index (χ1v) is 11.9. The lowest BCUT2D eigenvalue weighted by Crippen LogP contribution is -2.64. The maximum Gasteiger partial charge on any atom is 0.193 e. The summed E-state index contributed by atoms with van der Waals surface area (Å²) >= 11 is 0. The van der Waals surface area contributed by atoms with E-state index in [0.717, 1.165) is 6.42 Å². The zero-order valence-corrected chi connectivity index (χ0v) is 19.0. The van der Waals surface area contributed by atoms with Gasteiger partial charge in [-0.05, 0) is 55.2 Å². The zero-order chi connectivity index (χ0) is 23.1. The van der Waals surface area contributed by atoms with Crippen LogP contribution in [0.15, 0.2) is 23.8 Å². The average Bonchev–Trinajstić information content (AvgIpc) is 3.21.